The maximum atomic E-state index is 12.8. The minimum absolute atomic E-state index is 0.184. The van der Waals surface area contributed by atoms with Crippen LogP contribution in [0.3, 0.4) is 0 Å². The van der Waals surface area contributed by atoms with Crippen molar-refractivity contribution in [3.05, 3.63) is 51.8 Å². The lowest BCUT2D eigenvalue weighted by Crippen LogP contribution is -2.20. The number of nitrogens with zero attached hydrogens (tertiary/aromatic N) is 2. The molecule has 0 saturated carbocycles. The van der Waals surface area contributed by atoms with Crippen LogP contribution in [-0.4, -0.2) is 37.9 Å². The van der Waals surface area contributed by atoms with Gasteiger partial charge in [0, 0.05) is 13.2 Å². The van der Waals surface area contributed by atoms with Gasteiger partial charge in [-0.3, -0.25) is 4.79 Å². The lowest BCUT2D eigenvalue weighted by atomic mass is 10.0. The molecule has 0 aliphatic heterocycles. The standard InChI is InChI=1S/C23H28N2O4S/c1-6-29-12-11-25-21-18(27-4)9-10-19(28-5)22(21)30-23(25)24-20(26)14-17-8-7-15(2)13-16(17)3/h7-10,13H,6,11-12,14H2,1-5H3. The van der Waals surface area contributed by atoms with Gasteiger partial charge in [0.2, 0.25) is 0 Å². The zero-order valence-electron chi connectivity index (χ0n) is 18.2. The number of aromatic nitrogens is 1. The maximum absolute atomic E-state index is 12.8. The van der Waals surface area contributed by atoms with E-state index >= 15 is 0 Å². The largest absolute Gasteiger partial charge is 0.495 e. The molecule has 0 bridgehead atoms. The van der Waals surface area contributed by atoms with Crippen molar-refractivity contribution in [3.63, 3.8) is 0 Å². The van der Waals surface area contributed by atoms with E-state index in [0.29, 0.717) is 30.3 Å². The van der Waals surface area contributed by atoms with E-state index in [4.69, 9.17) is 14.2 Å². The second kappa shape index (κ2) is 9.91. The summed E-state index contributed by atoms with van der Waals surface area (Å²) in [6.07, 6.45) is 0.264. The highest BCUT2D eigenvalue weighted by molar-refractivity contribution is 7.16. The molecule has 0 atom stereocenters. The highest BCUT2D eigenvalue weighted by Crippen LogP contribution is 2.35. The normalized spacial score (nSPS) is 11.8. The first-order valence-corrected chi connectivity index (χ1v) is 10.8. The quantitative estimate of drug-likeness (QED) is 0.508. The third-order valence-corrected chi connectivity index (χ3v) is 6.01. The third-order valence-electron chi connectivity index (χ3n) is 4.92. The molecule has 0 fully saturated rings. The Balaban J connectivity index is 2.08. The molecule has 0 aliphatic carbocycles. The Kier molecular flexibility index (Phi) is 7.29. The summed E-state index contributed by atoms with van der Waals surface area (Å²) in [7, 11) is 3.27. The second-order valence-electron chi connectivity index (χ2n) is 6.99. The Morgan fingerprint density at radius 2 is 1.83 bits per heavy atom. The summed E-state index contributed by atoms with van der Waals surface area (Å²) in [6.45, 7) is 7.73. The number of carbonyl (C=O) groups is 1. The van der Waals surface area contributed by atoms with Crippen molar-refractivity contribution in [3.8, 4) is 11.5 Å². The van der Waals surface area contributed by atoms with Gasteiger partial charge in [-0.1, -0.05) is 35.1 Å². The van der Waals surface area contributed by atoms with Crippen molar-refractivity contribution < 1.29 is 19.0 Å². The molecule has 6 nitrogen and oxygen atoms in total. The van der Waals surface area contributed by atoms with Gasteiger partial charge >= 0.3 is 0 Å². The van der Waals surface area contributed by atoms with E-state index in [9.17, 15) is 4.79 Å². The van der Waals surface area contributed by atoms with E-state index in [0.717, 1.165) is 27.1 Å². The molecule has 0 unspecified atom stereocenters. The zero-order valence-corrected chi connectivity index (χ0v) is 19.0. The average Bonchev–Trinajstić information content (AvgIpc) is 3.07. The Morgan fingerprint density at radius 3 is 2.50 bits per heavy atom. The molecule has 160 valence electrons. The summed E-state index contributed by atoms with van der Waals surface area (Å²) < 4.78 is 19.5. The number of hydrogen-bond acceptors (Lipinski definition) is 5. The number of thiazole rings is 1. The fourth-order valence-corrected chi connectivity index (χ4v) is 4.58. The minimum Gasteiger partial charge on any atom is -0.495 e. The van der Waals surface area contributed by atoms with Crippen LogP contribution in [-0.2, 0) is 22.5 Å². The summed E-state index contributed by atoms with van der Waals surface area (Å²) in [4.78, 5) is 17.9. The van der Waals surface area contributed by atoms with Gasteiger partial charge in [0.05, 0.1) is 27.2 Å². The smallest absolute Gasteiger partial charge is 0.252 e. The van der Waals surface area contributed by atoms with E-state index in [1.807, 2.05) is 49.6 Å². The summed E-state index contributed by atoms with van der Waals surface area (Å²) in [5.74, 6) is 1.25. The summed E-state index contributed by atoms with van der Waals surface area (Å²) in [5, 5.41) is 0. The first-order chi connectivity index (χ1) is 14.5. The number of benzene rings is 2. The van der Waals surface area contributed by atoms with Crippen molar-refractivity contribution in [2.75, 3.05) is 27.4 Å². The molecule has 3 aromatic rings. The fourth-order valence-electron chi connectivity index (χ4n) is 3.40. The first-order valence-electron chi connectivity index (χ1n) is 9.94. The van der Waals surface area contributed by atoms with Crippen molar-refractivity contribution in [2.24, 2.45) is 4.99 Å². The number of amides is 1. The Bertz CT molecular complexity index is 1110. The predicted molar refractivity (Wildman–Crippen MR) is 120 cm³/mol. The fraction of sp³-hybridized carbons (Fsp3) is 0.391. The van der Waals surface area contributed by atoms with Gasteiger partial charge in [0.1, 0.15) is 21.7 Å². The Labute approximate surface area is 180 Å². The van der Waals surface area contributed by atoms with Crippen LogP contribution in [0.2, 0.25) is 0 Å². The van der Waals surface area contributed by atoms with Gasteiger partial charge in [0.15, 0.2) is 4.80 Å². The number of aryl methyl sites for hydroxylation is 2. The molecular formula is C23H28N2O4S. The summed E-state index contributed by atoms with van der Waals surface area (Å²) >= 11 is 1.42. The number of ether oxygens (including phenoxy) is 3. The highest BCUT2D eigenvalue weighted by atomic mass is 32.1. The molecule has 1 aromatic heterocycles. The summed E-state index contributed by atoms with van der Waals surface area (Å²) in [5.41, 5.74) is 4.13. The number of rotatable bonds is 8. The molecule has 1 heterocycles. The molecule has 7 heteroatoms. The van der Waals surface area contributed by atoms with Gasteiger partial charge in [0.25, 0.3) is 5.91 Å². The van der Waals surface area contributed by atoms with Crippen molar-refractivity contribution in [1.29, 1.82) is 0 Å². The van der Waals surface area contributed by atoms with Crippen LogP contribution in [0.4, 0.5) is 0 Å². The monoisotopic (exact) mass is 428 g/mol. The molecule has 2 aromatic carbocycles. The highest BCUT2D eigenvalue weighted by Gasteiger charge is 2.17. The molecule has 30 heavy (non-hydrogen) atoms. The topological polar surface area (TPSA) is 62.1 Å². The van der Waals surface area contributed by atoms with Crippen LogP contribution in [0.25, 0.3) is 10.2 Å². The van der Waals surface area contributed by atoms with E-state index in [1.165, 1.54) is 16.9 Å². The number of fused-ring (bicyclic) bond motifs is 1. The van der Waals surface area contributed by atoms with Gasteiger partial charge in [-0.05, 0) is 44.0 Å². The van der Waals surface area contributed by atoms with Crippen molar-refractivity contribution >= 4 is 27.5 Å². The van der Waals surface area contributed by atoms with Crippen LogP contribution in [0.15, 0.2) is 35.3 Å². The van der Waals surface area contributed by atoms with Crippen LogP contribution < -0.4 is 14.3 Å². The van der Waals surface area contributed by atoms with Gasteiger partial charge in [-0.15, -0.1) is 0 Å². The molecule has 0 spiro atoms. The van der Waals surface area contributed by atoms with Crippen LogP contribution in [0.1, 0.15) is 23.6 Å². The molecule has 1 amide bonds. The molecular weight excluding hydrogens is 400 g/mol. The van der Waals surface area contributed by atoms with Crippen LogP contribution in [0.5, 0.6) is 11.5 Å². The lowest BCUT2D eigenvalue weighted by Gasteiger charge is -2.10. The average molecular weight is 429 g/mol. The zero-order chi connectivity index (χ0) is 21.7. The van der Waals surface area contributed by atoms with Gasteiger partial charge in [-0.2, -0.15) is 4.99 Å². The Hall–Kier alpha value is -2.64. The SMILES string of the molecule is CCOCCn1c(=NC(=O)Cc2ccc(C)cc2C)sc2c(OC)ccc(OC)c21. The van der Waals surface area contributed by atoms with Gasteiger partial charge < -0.3 is 18.8 Å². The van der Waals surface area contributed by atoms with Crippen LogP contribution >= 0.6 is 11.3 Å². The Morgan fingerprint density at radius 1 is 1.10 bits per heavy atom. The first kappa shape index (κ1) is 22.1. The van der Waals surface area contributed by atoms with Crippen molar-refractivity contribution in [1.82, 2.24) is 4.57 Å². The molecule has 0 radical (unpaired) electrons. The van der Waals surface area contributed by atoms with Gasteiger partial charge in [-0.25, -0.2) is 0 Å². The van der Waals surface area contributed by atoms with Crippen molar-refractivity contribution in [2.45, 2.75) is 33.7 Å². The maximum Gasteiger partial charge on any atom is 0.252 e. The molecule has 0 saturated heterocycles. The van der Waals surface area contributed by atoms with E-state index < -0.39 is 0 Å². The van der Waals surface area contributed by atoms with Crippen LogP contribution in [0, 0.1) is 13.8 Å². The van der Waals surface area contributed by atoms with E-state index in [1.54, 1.807) is 14.2 Å². The molecule has 3 rings (SSSR count). The molecule has 0 aliphatic rings. The second-order valence-corrected chi connectivity index (χ2v) is 7.97. The minimum atomic E-state index is -0.184. The number of carbonyl (C=O) groups excluding carboxylic acids is 1. The molecule has 0 N–H and O–H groups in total. The number of hydrogen-bond donors (Lipinski definition) is 0. The third kappa shape index (κ3) is 4.74. The number of methoxy groups -OCH3 is 2. The lowest BCUT2D eigenvalue weighted by molar-refractivity contribution is -0.117. The predicted octanol–water partition coefficient (Wildman–Crippen LogP) is 4.04. The van der Waals surface area contributed by atoms with E-state index in [-0.39, 0.29) is 12.3 Å². The summed E-state index contributed by atoms with van der Waals surface area (Å²) in [6, 6.07) is 9.84. The van der Waals surface area contributed by atoms with E-state index in [2.05, 4.69) is 11.1 Å².